The van der Waals surface area contributed by atoms with Crippen LogP contribution in [-0.4, -0.2) is 35.1 Å². The number of nitrogens with zero attached hydrogens (tertiary/aromatic N) is 2. The number of nitrogens with one attached hydrogen (secondary N) is 1. The quantitative estimate of drug-likeness (QED) is 0.569. The molecule has 1 amide bonds. The van der Waals surface area contributed by atoms with Crippen molar-refractivity contribution in [2.75, 3.05) is 13.2 Å². The number of rotatable bonds is 7. The Balaban J connectivity index is 2.68. The van der Waals surface area contributed by atoms with Gasteiger partial charge in [-0.15, -0.1) is 0 Å². The summed E-state index contributed by atoms with van der Waals surface area (Å²) < 4.78 is 5.32. The van der Waals surface area contributed by atoms with E-state index >= 15 is 0 Å². The van der Waals surface area contributed by atoms with Crippen LogP contribution >= 0.6 is 0 Å². The van der Waals surface area contributed by atoms with Gasteiger partial charge in [-0.05, 0) is 25.1 Å². The fourth-order valence-corrected chi connectivity index (χ4v) is 1.41. The van der Waals surface area contributed by atoms with Crippen molar-refractivity contribution in [1.29, 1.82) is 5.26 Å². The fraction of sp³-hybridized carbons (Fsp3) is 0.286. The predicted octanol–water partition coefficient (Wildman–Crippen LogP) is 0.896. The monoisotopic (exact) mass is 289 g/mol. The van der Waals surface area contributed by atoms with Crippen molar-refractivity contribution >= 4 is 18.0 Å². The SMILES string of the molecule is Cc1ccc(OCC(=O)NCCC#N)c(C=CC(=O)O)n1. The molecule has 0 atom stereocenters. The molecule has 110 valence electrons. The zero-order valence-electron chi connectivity index (χ0n) is 11.5. The van der Waals surface area contributed by atoms with Crippen molar-refractivity contribution in [2.24, 2.45) is 0 Å². The average molecular weight is 289 g/mol. The molecular weight excluding hydrogens is 274 g/mol. The molecule has 0 saturated heterocycles. The van der Waals surface area contributed by atoms with Gasteiger partial charge in [0.25, 0.3) is 5.91 Å². The van der Waals surface area contributed by atoms with Crippen LogP contribution in [0.2, 0.25) is 0 Å². The molecule has 0 aromatic carbocycles. The van der Waals surface area contributed by atoms with Crippen molar-refractivity contribution in [3.05, 3.63) is 29.6 Å². The summed E-state index contributed by atoms with van der Waals surface area (Å²) in [5, 5.41) is 19.5. The molecule has 7 nitrogen and oxygen atoms in total. The number of amides is 1. The number of carbonyl (C=O) groups excluding carboxylic acids is 1. The standard InChI is InChI=1S/C14H15N3O4/c1-10-3-5-12(11(17-10)4-6-14(19)20)21-9-13(18)16-8-2-7-15/h3-6H,2,8-9H2,1H3,(H,16,18)(H,19,20). The number of aromatic nitrogens is 1. The number of carbonyl (C=O) groups is 2. The van der Waals surface area contributed by atoms with E-state index in [0.29, 0.717) is 17.1 Å². The summed E-state index contributed by atoms with van der Waals surface area (Å²) in [5.74, 6) is -1.15. The second kappa shape index (κ2) is 8.32. The Labute approximate surface area is 121 Å². The fourth-order valence-electron chi connectivity index (χ4n) is 1.41. The number of hydrogen-bond donors (Lipinski definition) is 2. The van der Waals surface area contributed by atoms with Crippen LogP contribution < -0.4 is 10.1 Å². The number of ether oxygens (including phenoxy) is 1. The summed E-state index contributed by atoms with van der Waals surface area (Å²) in [7, 11) is 0. The second-order valence-corrected chi connectivity index (χ2v) is 4.05. The minimum absolute atomic E-state index is 0.227. The van der Waals surface area contributed by atoms with E-state index in [1.165, 1.54) is 6.08 Å². The van der Waals surface area contributed by atoms with Gasteiger partial charge in [0.2, 0.25) is 0 Å². The molecule has 0 bridgehead atoms. The summed E-state index contributed by atoms with van der Waals surface area (Å²) >= 11 is 0. The molecule has 2 N–H and O–H groups in total. The maximum atomic E-state index is 11.5. The minimum atomic E-state index is -1.10. The van der Waals surface area contributed by atoms with Gasteiger partial charge in [-0.25, -0.2) is 9.78 Å². The normalized spacial score (nSPS) is 10.1. The first kappa shape index (κ1) is 16.2. The van der Waals surface area contributed by atoms with Gasteiger partial charge in [0.1, 0.15) is 11.4 Å². The lowest BCUT2D eigenvalue weighted by Gasteiger charge is -2.09. The van der Waals surface area contributed by atoms with Gasteiger partial charge in [-0.3, -0.25) is 4.79 Å². The molecular formula is C14H15N3O4. The first-order chi connectivity index (χ1) is 10.0. The Hall–Kier alpha value is -2.88. The third-order valence-electron chi connectivity index (χ3n) is 2.33. The van der Waals surface area contributed by atoms with Crippen molar-refractivity contribution < 1.29 is 19.4 Å². The van der Waals surface area contributed by atoms with Gasteiger partial charge in [-0.2, -0.15) is 5.26 Å². The van der Waals surface area contributed by atoms with E-state index in [1.54, 1.807) is 19.1 Å². The number of nitriles is 1. The van der Waals surface area contributed by atoms with E-state index in [0.717, 1.165) is 6.08 Å². The molecule has 0 aliphatic carbocycles. The third-order valence-corrected chi connectivity index (χ3v) is 2.33. The van der Waals surface area contributed by atoms with Gasteiger partial charge in [-0.1, -0.05) is 0 Å². The Bertz CT molecular complexity index is 590. The summed E-state index contributed by atoms with van der Waals surface area (Å²) in [6.07, 6.45) is 2.48. The van der Waals surface area contributed by atoms with Gasteiger partial charge in [0, 0.05) is 18.3 Å². The van der Waals surface area contributed by atoms with E-state index in [9.17, 15) is 9.59 Å². The molecule has 0 unspecified atom stereocenters. The Morgan fingerprint density at radius 3 is 2.95 bits per heavy atom. The van der Waals surface area contributed by atoms with Crippen LogP contribution in [-0.2, 0) is 9.59 Å². The zero-order valence-corrected chi connectivity index (χ0v) is 11.5. The summed E-state index contributed by atoms with van der Waals surface area (Å²) in [5.41, 5.74) is 1.04. The predicted molar refractivity (Wildman–Crippen MR) is 74.4 cm³/mol. The second-order valence-electron chi connectivity index (χ2n) is 4.05. The van der Waals surface area contributed by atoms with E-state index in [4.69, 9.17) is 15.1 Å². The van der Waals surface area contributed by atoms with Gasteiger partial charge >= 0.3 is 5.97 Å². The first-order valence-electron chi connectivity index (χ1n) is 6.18. The van der Waals surface area contributed by atoms with E-state index in [-0.39, 0.29) is 25.5 Å². The zero-order chi connectivity index (χ0) is 15.7. The first-order valence-corrected chi connectivity index (χ1v) is 6.18. The number of pyridine rings is 1. The number of carboxylic acid groups (broad SMARTS) is 1. The largest absolute Gasteiger partial charge is 0.482 e. The van der Waals surface area contributed by atoms with Crippen molar-refractivity contribution in [3.8, 4) is 11.8 Å². The topological polar surface area (TPSA) is 112 Å². The summed E-state index contributed by atoms with van der Waals surface area (Å²) in [4.78, 5) is 26.1. The highest BCUT2D eigenvalue weighted by Crippen LogP contribution is 2.18. The van der Waals surface area contributed by atoms with Crippen molar-refractivity contribution in [2.45, 2.75) is 13.3 Å². The van der Waals surface area contributed by atoms with Crippen LogP contribution in [0.3, 0.4) is 0 Å². The molecule has 7 heteroatoms. The maximum absolute atomic E-state index is 11.5. The van der Waals surface area contributed by atoms with Crippen LogP contribution in [0.25, 0.3) is 6.08 Å². The van der Waals surface area contributed by atoms with Crippen LogP contribution in [0.15, 0.2) is 18.2 Å². The lowest BCUT2D eigenvalue weighted by atomic mass is 10.2. The summed E-state index contributed by atoms with van der Waals surface area (Å²) in [6, 6.07) is 5.22. The maximum Gasteiger partial charge on any atom is 0.328 e. The molecule has 1 aromatic heterocycles. The lowest BCUT2D eigenvalue weighted by Crippen LogP contribution is -2.29. The van der Waals surface area contributed by atoms with E-state index < -0.39 is 5.97 Å². The molecule has 1 rings (SSSR count). The Morgan fingerprint density at radius 2 is 2.29 bits per heavy atom. The number of hydrogen-bond acceptors (Lipinski definition) is 5. The van der Waals surface area contributed by atoms with Crippen molar-refractivity contribution in [1.82, 2.24) is 10.3 Å². The highest BCUT2D eigenvalue weighted by atomic mass is 16.5. The molecule has 1 aromatic rings. The molecule has 21 heavy (non-hydrogen) atoms. The van der Waals surface area contributed by atoms with Gasteiger partial charge in [0.15, 0.2) is 6.61 Å². The highest BCUT2D eigenvalue weighted by Gasteiger charge is 2.07. The molecule has 1 heterocycles. The number of aryl methyl sites for hydroxylation is 1. The number of aliphatic carboxylic acids is 1. The van der Waals surface area contributed by atoms with Gasteiger partial charge in [0.05, 0.1) is 12.5 Å². The Kier molecular flexibility index (Phi) is 6.41. The van der Waals surface area contributed by atoms with Crippen LogP contribution in [0.5, 0.6) is 5.75 Å². The van der Waals surface area contributed by atoms with Gasteiger partial charge < -0.3 is 15.2 Å². The molecule has 0 radical (unpaired) electrons. The molecule has 0 saturated carbocycles. The number of carboxylic acids is 1. The van der Waals surface area contributed by atoms with E-state index in [2.05, 4.69) is 10.3 Å². The Morgan fingerprint density at radius 1 is 1.52 bits per heavy atom. The van der Waals surface area contributed by atoms with E-state index in [1.807, 2.05) is 6.07 Å². The van der Waals surface area contributed by atoms with Crippen LogP contribution in [0.4, 0.5) is 0 Å². The molecule has 0 aliphatic rings. The minimum Gasteiger partial charge on any atom is -0.482 e. The molecule has 0 fully saturated rings. The summed E-state index contributed by atoms with van der Waals surface area (Å²) in [6.45, 7) is 1.79. The highest BCUT2D eigenvalue weighted by molar-refractivity contribution is 5.85. The van der Waals surface area contributed by atoms with Crippen LogP contribution in [0.1, 0.15) is 17.8 Å². The van der Waals surface area contributed by atoms with Crippen LogP contribution in [0, 0.1) is 18.3 Å². The smallest absolute Gasteiger partial charge is 0.328 e. The lowest BCUT2D eigenvalue weighted by molar-refractivity contribution is -0.131. The average Bonchev–Trinajstić information content (AvgIpc) is 2.44. The molecule has 0 spiro atoms. The molecule has 0 aliphatic heterocycles. The van der Waals surface area contributed by atoms with Crippen molar-refractivity contribution in [3.63, 3.8) is 0 Å². The third kappa shape index (κ3) is 6.20.